The van der Waals surface area contributed by atoms with Crippen LogP contribution < -0.4 is 10.1 Å². The number of carbonyl (C=O) groups excluding carboxylic acids is 2. The number of imide groups is 1. The largest absolute Gasteiger partial charge is 0.497 e. The summed E-state index contributed by atoms with van der Waals surface area (Å²) in [7, 11) is 1.54. The van der Waals surface area contributed by atoms with Crippen LogP contribution in [0.15, 0.2) is 78.5 Å². The van der Waals surface area contributed by atoms with E-state index >= 15 is 0 Å². The second-order valence-corrected chi connectivity index (χ2v) is 7.31. The SMILES string of the molecule is COc1cccc(NC2=C(c3ccc(F)cc3)C(=O)N(Cc3ccccc3Cl)C2=O)c1. The molecule has 5 nitrogen and oxygen atoms in total. The predicted octanol–water partition coefficient (Wildman–Crippen LogP) is 4.88. The minimum absolute atomic E-state index is 0.0192. The quantitative estimate of drug-likeness (QED) is 0.559. The number of hydrogen-bond acceptors (Lipinski definition) is 4. The Kier molecular flexibility index (Phi) is 5.73. The number of halogens is 2. The normalized spacial score (nSPS) is 13.7. The summed E-state index contributed by atoms with van der Waals surface area (Å²) in [5.41, 5.74) is 1.94. The zero-order chi connectivity index (χ0) is 22.0. The average molecular weight is 437 g/mol. The van der Waals surface area contributed by atoms with Crippen LogP contribution in [-0.4, -0.2) is 23.8 Å². The molecule has 0 radical (unpaired) electrons. The lowest BCUT2D eigenvalue weighted by Crippen LogP contribution is -2.32. The van der Waals surface area contributed by atoms with Crippen LogP contribution in [0, 0.1) is 5.82 Å². The number of hydrogen-bond donors (Lipinski definition) is 1. The number of nitrogens with zero attached hydrogens (tertiary/aromatic N) is 1. The van der Waals surface area contributed by atoms with Gasteiger partial charge in [0.05, 0.1) is 19.2 Å². The van der Waals surface area contributed by atoms with Crippen molar-refractivity contribution in [3.63, 3.8) is 0 Å². The van der Waals surface area contributed by atoms with Gasteiger partial charge < -0.3 is 10.1 Å². The first kappa shape index (κ1) is 20.6. The van der Waals surface area contributed by atoms with Crippen molar-refractivity contribution in [2.24, 2.45) is 0 Å². The lowest BCUT2D eigenvalue weighted by Gasteiger charge is -2.16. The highest BCUT2D eigenvalue weighted by Crippen LogP contribution is 2.33. The Morgan fingerprint density at radius 2 is 1.71 bits per heavy atom. The van der Waals surface area contributed by atoms with Crippen LogP contribution in [-0.2, 0) is 16.1 Å². The molecule has 0 bridgehead atoms. The van der Waals surface area contributed by atoms with Crippen molar-refractivity contribution in [3.8, 4) is 5.75 Å². The number of carbonyl (C=O) groups is 2. The molecule has 156 valence electrons. The van der Waals surface area contributed by atoms with E-state index in [4.69, 9.17) is 16.3 Å². The fraction of sp³-hybridized carbons (Fsp3) is 0.0833. The molecule has 3 aromatic rings. The predicted molar refractivity (Wildman–Crippen MR) is 117 cm³/mol. The topological polar surface area (TPSA) is 58.6 Å². The summed E-state index contributed by atoms with van der Waals surface area (Å²) in [5, 5.41) is 3.51. The Morgan fingerprint density at radius 3 is 2.42 bits per heavy atom. The van der Waals surface area contributed by atoms with Crippen LogP contribution in [0.5, 0.6) is 5.75 Å². The molecule has 0 unspecified atom stereocenters. The lowest BCUT2D eigenvalue weighted by atomic mass is 10.0. The van der Waals surface area contributed by atoms with Gasteiger partial charge in [0.15, 0.2) is 0 Å². The number of nitrogens with one attached hydrogen (secondary N) is 1. The van der Waals surface area contributed by atoms with Crippen molar-refractivity contribution in [2.75, 3.05) is 12.4 Å². The molecule has 0 atom stereocenters. The highest BCUT2D eigenvalue weighted by molar-refractivity contribution is 6.36. The number of methoxy groups -OCH3 is 1. The molecule has 3 aromatic carbocycles. The molecule has 1 heterocycles. The minimum atomic E-state index is -0.493. The van der Waals surface area contributed by atoms with Crippen molar-refractivity contribution in [1.82, 2.24) is 4.90 Å². The molecule has 1 N–H and O–H groups in total. The maximum atomic E-state index is 13.5. The zero-order valence-corrected chi connectivity index (χ0v) is 17.3. The van der Waals surface area contributed by atoms with Gasteiger partial charge in [-0.1, -0.05) is 48.0 Å². The molecule has 4 rings (SSSR count). The Hall–Kier alpha value is -3.64. The van der Waals surface area contributed by atoms with Crippen LogP contribution in [0.25, 0.3) is 5.57 Å². The summed E-state index contributed by atoms with van der Waals surface area (Å²) >= 11 is 6.23. The van der Waals surface area contributed by atoms with Crippen LogP contribution in [0.2, 0.25) is 5.02 Å². The maximum Gasteiger partial charge on any atom is 0.278 e. The molecule has 7 heteroatoms. The molecule has 31 heavy (non-hydrogen) atoms. The highest BCUT2D eigenvalue weighted by Gasteiger charge is 2.39. The van der Waals surface area contributed by atoms with E-state index in [0.717, 1.165) is 4.90 Å². The summed E-state index contributed by atoms with van der Waals surface area (Å²) in [6, 6.07) is 19.5. The van der Waals surface area contributed by atoms with Crippen LogP contribution >= 0.6 is 11.6 Å². The molecule has 0 fully saturated rings. The van der Waals surface area contributed by atoms with Gasteiger partial charge in [0.2, 0.25) is 0 Å². The van der Waals surface area contributed by atoms with E-state index in [1.165, 1.54) is 31.4 Å². The molecule has 1 aliphatic heterocycles. The molecule has 1 aliphatic rings. The van der Waals surface area contributed by atoms with Gasteiger partial charge in [-0.25, -0.2) is 4.39 Å². The molecular weight excluding hydrogens is 419 g/mol. The smallest absolute Gasteiger partial charge is 0.278 e. The first-order chi connectivity index (χ1) is 15.0. The van der Waals surface area contributed by atoms with Crippen molar-refractivity contribution in [3.05, 3.63) is 100 Å². The Balaban J connectivity index is 1.75. The summed E-state index contributed by atoms with van der Waals surface area (Å²) in [6.45, 7) is 0.0192. The van der Waals surface area contributed by atoms with E-state index in [1.807, 2.05) is 0 Å². The average Bonchev–Trinajstić information content (AvgIpc) is 3.00. The first-order valence-electron chi connectivity index (χ1n) is 9.49. The highest BCUT2D eigenvalue weighted by atomic mass is 35.5. The monoisotopic (exact) mass is 436 g/mol. The van der Waals surface area contributed by atoms with Gasteiger partial charge in [-0.05, 0) is 41.5 Å². The van der Waals surface area contributed by atoms with Crippen molar-refractivity contribution in [2.45, 2.75) is 6.54 Å². The molecular formula is C24H18ClFN2O3. The Morgan fingerprint density at radius 1 is 0.968 bits per heavy atom. The molecule has 0 saturated heterocycles. The van der Waals surface area contributed by atoms with E-state index in [1.54, 1.807) is 48.5 Å². The number of anilines is 1. The zero-order valence-electron chi connectivity index (χ0n) is 16.6. The van der Waals surface area contributed by atoms with E-state index in [9.17, 15) is 14.0 Å². The Bertz CT molecular complexity index is 1190. The lowest BCUT2D eigenvalue weighted by molar-refractivity contribution is -0.137. The Labute approximate surface area is 183 Å². The second kappa shape index (κ2) is 8.62. The summed E-state index contributed by atoms with van der Waals surface area (Å²) < 4.78 is 18.7. The number of amides is 2. The van der Waals surface area contributed by atoms with Crippen molar-refractivity contribution >= 4 is 34.7 Å². The number of ether oxygens (including phenoxy) is 1. The molecule has 2 amide bonds. The van der Waals surface area contributed by atoms with Crippen LogP contribution in [0.4, 0.5) is 10.1 Å². The van der Waals surface area contributed by atoms with E-state index < -0.39 is 17.6 Å². The van der Waals surface area contributed by atoms with Crippen LogP contribution in [0.1, 0.15) is 11.1 Å². The van der Waals surface area contributed by atoms with Gasteiger partial charge in [-0.15, -0.1) is 0 Å². The second-order valence-electron chi connectivity index (χ2n) is 6.90. The first-order valence-corrected chi connectivity index (χ1v) is 9.86. The fourth-order valence-corrected chi connectivity index (χ4v) is 3.56. The number of benzene rings is 3. The van der Waals surface area contributed by atoms with Crippen molar-refractivity contribution < 1.29 is 18.7 Å². The van der Waals surface area contributed by atoms with Gasteiger partial charge in [0, 0.05) is 16.8 Å². The fourth-order valence-electron chi connectivity index (χ4n) is 3.36. The van der Waals surface area contributed by atoms with Gasteiger partial charge in [-0.2, -0.15) is 0 Å². The molecule has 0 aromatic heterocycles. The van der Waals surface area contributed by atoms with E-state index in [-0.39, 0.29) is 17.8 Å². The maximum absolute atomic E-state index is 13.5. The third-order valence-corrected chi connectivity index (χ3v) is 5.30. The van der Waals surface area contributed by atoms with Gasteiger partial charge in [0.1, 0.15) is 17.3 Å². The minimum Gasteiger partial charge on any atom is -0.497 e. The summed E-state index contributed by atoms with van der Waals surface area (Å²) in [4.78, 5) is 27.7. The van der Waals surface area contributed by atoms with Gasteiger partial charge >= 0.3 is 0 Å². The van der Waals surface area contributed by atoms with Gasteiger partial charge in [-0.3, -0.25) is 14.5 Å². The van der Waals surface area contributed by atoms with Gasteiger partial charge in [0.25, 0.3) is 11.8 Å². The van der Waals surface area contributed by atoms with E-state index in [0.29, 0.717) is 27.6 Å². The molecule has 0 saturated carbocycles. The third-order valence-electron chi connectivity index (χ3n) is 4.93. The third kappa shape index (κ3) is 4.15. The van der Waals surface area contributed by atoms with Crippen LogP contribution in [0.3, 0.4) is 0 Å². The number of rotatable bonds is 6. The summed E-state index contributed by atoms with van der Waals surface area (Å²) in [6.07, 6.45) is 0. The van der Waals surface area contributed by atoms with E-state index in [2.05, 4.69) is 5.32 Å². The summed E-state index contributed by atoms with van der Waals surface area (Å²) in [5.74, 6) is -0.816. The van der Waals surface area contributed by atoms with Crippen molar-refractivity contribution in [1.29, 1.82) is 0 Å². The standard InChI is InChI=1S/C24H18ClFN2O3/c1-31-19-7-4-6-18(13-19)27-22-21(15-9-11-17(26)12-10-15)23(29)28(24(22)30)14-16-5-2-3-8-20(16)25/h2-13,27H,14H2,1H3. The molecule has 0 spiro atoms. The molecule has 0 aliphatic carbocycles.